The molecule has 0 fully saturated rings. The predicted molar refractivity (Wildman–Crippen MR) is 64.0 cm³/mol. The first kappa shape index (κ1) is 13.9. The van der Waals surface area contributed by atoms with Gasteiger partial charge in [0.25, 0.3) is 0 Å². The third-order valence-corrected chi connectivity index (χ3v) is 1.76. The first-order valence-corrected chi connectivity index (χ1v) is 4.26. The van der Waals surface area contributed by atoms with Crippen LogP contribution in [0.3, 0.4) is 0 Å². The van der Waals surface area contributed by atoms with Crippen molar-refractivity contribution in [3.63, 3.8) is 0 Å². The second kappa shape index (κ2) is 7.26. The van der Waals surface area contributed by atoms with Gasteiger partial charge < -0.3 is 15.8 Å². The topological polar surface area (TPSA) is 135 Å². The standard InChI is InChI=1S/C8H8N4O.2CHN/c9-10-4-5-1-2-6-7(3-5)12-8(13)11-6;2*1-2/h1-4H,9H2,(H2,11,12,13);2*1H. The fourth-order valence-corrected chi connectivity index (χ4v) is 1.22. The number of fused-ring (bicyclic) bond motifs is 1. The molecule has 0 bridgehead atoms. The second-order valence-electron chi connectivity index (χ2n) is 2.66. The molecule has 0 spiro atoms. The molecule has 7 heteroatoms. The molecule has 0 amide bonds. The van der Waals surface area contributed by atoms with Crippen LogP contribution >= 0.6 is 0 Å². The second-order valence-corrected chi connectivity index (χ2v) is 2.66. The summed E-state index contributed by atoms with van der Waals surface area (Å²) in [7, 11) is 0. The monoisotopic (exact) mass is 230 g/mol. The Morgan fingerprint density at radius 2 is 1.76 bits per heavy atom. The smallest absolute Gasteiger partial charge is 0.323 e. The molecule has 1 heterocycles. The summed E-state index contributed by atoms with van der Waals surface area (Å²) in [4.78, 5) is 16.2. The van der Waals surface area contributed by atoms with Gasteiger partial charge in [-0.3, -0.25) is 0 Å². The minimum absolute atomic E-state index is 0.211. The van der Waals surface area contributed by atoms with Crippen LogP contribution in [0.2, 0.25) is 0 Å². The van der Waals surface area contributed by atoms with E-state index in [1.165, 1.54) is 6.21 Å². The zero-order chi connectivity index (χ0) is 13.3. The number of benzene rings is 1. The lowest BCUT2D eigenvalue weighted by molar-refractivity contribution is 1.21. The van der Waals surface area contributed by atoms with Crippen molar-refractivity contribution in [2.75, 3.05) is 0 Å². The molecule has 4 N–H and O–H groups in total. The molecule has 2 aromatic rings. The van der Waals surface area contributed by atoms with Crippen LogP contribution in [0.4, 0.5) is 0 Å². The van der Waals surface area contributed by atoms with Crippen LogP contribution in [0.15, 0.2) is 28.1 Å². The molecule has 17 heavy (non-hydrogen) atoms. The molecule has 0 radical (unpaired) electrons. The van der Waals surface area contributed by atoms with Crippen molar-refractivity contribution in [3.8, 4) is 13.1 Å². The fourth-order valence-electron chi connectivity index (χ4n) is 1.22. The molecule has 0 aliphatic rings. The molecule has 1 aromatic heterocycles. The van der Waals surface area contributed by atoms with E-state index in [-0.39, 0.29) is 5.69 Å². The lowest BCUT2D eigenvalue weighted by Crippen LogP contribution is -1.99. The van der Waals surface area contributed by atoms with Gasteiger partial charge in [-0.25, -0.2) is 15.3 Å². The van der Waals surface area contributed by atoms with Crippen molar-refractivity contribution < 1.29 is 0 Å². The van der Waals surface area contributed by atoms with E-state index in [1.54, 1.807) is 12.1 Å². The van der Waals surface area contributed by atoms with E-state index in [9.17, 15) is 4.79 Å². The van der Waals surface area contributed by atoms with Crippen LogP contribution in [0.5, 0.6) is 0 Å². The Hall–Kier alpha value is -3.06. The van der Waals surface area contributed by atoms with Gasteiger partial charge in [0.1, 0.15) is 0 Å². The molecule has 0 atom stereocenters. The van der Waals surface area contributed by atoms with Crippen LogP contribution in [0.1, 0.15) is 5.56 Å². The highest BCUT2D eigenvalue weighted by Crippen LogP contribution is 2.07. The molecular weight excluding hydrogens is 220 g/mol. The number of hydrazone groups is 1. The minimum Gasteiger partial charge on any atom is -0.323 e. The molecule has 0 unspecified atom stereocenters. The molecule has 0 aliphatic carbocycles. The summed E-state index contributed by atoms with van der Waals surface area (Å²) in [5, 5.41) is 16.4. The summed E-state index contributed by atoms with van der Waals surface area (Å²) < 4.78 is 0. The SMILES string of the molecule is C#N.C#N.NN=Cc1ccc2[nH]c(=O)[nH]c2c1. The van der Waals surface area contributed by atoms with Crippen LogP contribution in [0.25, 0.3) is 11.0 Å². The summed E-state index contributed by atoms with van der Waals surface area (Å²) in [6.45, 7) is 7.00. The van der Waals surface area contributed by atoms with Crippen molar-refractivity contribution >= 4 is 17.2 Å². The first-order chi connectivity index (χ1) is 8.29. The number of rotatable bonds is 1. The van der Waals surface area contributed by atoms with Crippen LogP contribution in [-0.2, 0) is 0 Å². The van der Waals surface area contributed by atoms with Gasteiger partial charge >= 0.3 is 5.69 Å². The summed E-state index contributed by atoms with van der Waals surface area (Å²) in [6.07, 6.45) is 1.52. The summed E-state index contributed by atoms with van der Waals surface area (Å²) in [5.41, 5.74) is 2.17. The lowest BCUT2D eigenvalue weighted by atomic mass is 10.2. The van der Waals surface area contributed by atoms with Gasteiger partial charge in [-0.1, -0.05) is 6.07 Å². The number of hydrogen-bond donors (Lipinski definition) is 3. The molecule has 0 saturated carbocycles. The molecule has 7 nitrogen and oxygen atoms in total. The Bertz CT molecular complexity index is 583. The largest absolute Gasteiger partial charge is 0.323 e. The maximum atomic E-state index is 10.9. The minimum atomic E-state index is -0.211. The quantitative estimate of drug-likeness (QED) is 0.372. The Labute approximate surface area is 96.8 Å². The molecule has 86 valence electrons. The Morgan fingerprint density at radius 3 is 2.35 bits per heavy atom. The van der Waals surface area contributed by atoms with Crippen LogP contribution in [0, 0.1) is 23.7 Å². The maximum Gasteiger partial charge on any atom is 0.323 e. The van der Waals surface area contributed by atoms with E-state index in [0.29, 0.717) is 0 Å². The molecule has 1 aromatic carbocycles. The normalized spacial score (nSPS) is 8.94. The van der Waals surface area contributed by atoms with Crippen LogP contribution < -0.4 is 11.5 Å². The van der Waals surface area contributed by atoms with E-state index in [4.69, 9.17) is 16.4 Å². The van der Waals surface area contributed by atoms with E-state index in [0.717, 1.165) is 16.6 Å². The highest BCUT2D eigenvalue weighted by Gasteiger charge is 1.97. The number of nitrogens with one attached hydrogen (secondary N) is 2. The van der Waals surface area contributed by atoms with Crippen molar-refractivity contribution in [2.24, 2.45) is 10.9 Å². The third-order valence-electron chi connectivity index (χ3n) is 1.76. The Morgan fingerprint density at radius 1 is 1.18 bits per heavy atom. The number of aromatic amines is 2. The Balaban J connectivity index is 0.000000581. The molecule has 0 saturated heterocycles. The molecule has 0 aliphatic heterocycles. The number of nitrogens with two attached hydrogens (primary N) is 1. The average molecular weight is 230 g/mol. The van der Waals surface area contributed by atoms with E-state index < -0.39 is 0 Å². The summed E-state index contributed by atoms with van der Waals surface area (Å²) >= 11 is 0. The van der Waals surface area contributed by atoms with Gasteiger partial charge in [-0.05, 0) is 17.7 Å². The average Bonchev–Trinajstić information content (AvgIpc) is 2.74. The van der Waals surface area contributed by atoms with E-state index >= 15 is 0 Å². The fraction of sp³-hybridized carbons (Fsp3) is 0. The van der Waals surface area contributed by atoms with Crippen LogP contribution in [-0.4, -0.2) is 16.2 Å². The summed E-state index contributed by atoms with van der Waals surface area (Å²) in [6, 6.07) is 5.41. The zero-order valence-electron chi connectivity index (χ0n) is 8.79. The van der Waals surface area contributed by atoms with Gasteiger partial charge in [-0.2, -0.15) is 5.10 Å². The third kappa shape index (κ3) is 3.53. The molecule has 2 rings (SSSR count). The number of nitrogens with zero attached hydrogens (tertiary/aromatic N) is 3. The van der Waals surface area contributed by atoms with Crippen molar-refractivity contribution in [3.05, 3.63) is 34.2 Å². The number of nitriles is 2. The van der Waals surface area contributed by atoms with Gasteiger partial charge in [0, 0.05) is 13.1 Å². The highest BCUT2D eigenvalue weighted by molar-refractivity contribution is 5.86. The number of aromatic nitrogens is 2. The maximum absolute atomic E-state index is 10.9. The van der Waals surface area contributed by atoms with Gasteiger partial charge in [0.05, 0.1) is 17.2 Å². The zero-order valence-corrected chi connectivity index (χ0v) is 8.79. The Kier molecular flexibility index (Phi) is 5.95. The van der Waals surface area contributed by atoms with E-state index in [2.05, 4.69) is 28.2 Å². The van der Waals surface area contributed by atoms with Gasteiger partial charge in [-0.15, -0.1) is 0 Å². The van der Waals surface area contributed by atoms with Gasteiger partial charge in [0.15, 0.2) is 0 Å². The lowest BCUT2D eigenvalue weighted by Gasteiger charge is -1.91. The number of imidazole rings is 1. The van der Waals surface area contributed by atoms with Gasteiger partial charge in [0.2, 0.25) is 0 Å². The van der Waals surface area contributed by atoms with Crippen molar-refractivity contribution in [1.82, 2.24) is 9.97 Å². The molecular formula is C10H10N6O. The number of hydrogen-bond acceptors (Lipinski definition) is 5. The van der Waals surface area contributed by atoms with E-state index in [1.807, 2.05) is 6.07 Å². The van der Waals surface area contributed by atoms with Crippen molar-refractivity contribution in [2.45, 2.75) is 0 Å². The first-order valence-electron chi connectivity index (χ1n) is 4.26. The predicted octanol–water partition coefficient (Wildman–Crippen LogP) is 0.428. The summed E-state index contributed by atoms with van der Waals surface area (Å²) in [5.74, 6) is 5.00. The number of H-pyrrole nitrogens is 2. The van der Waals surface area contributed by atoms with Crippen molar-refractivity contribution in [1.29, 1.82) is 10.5 Å². The highest BCUT2D eigenvalue weighted by atomic mass is 16.1.